The van der Waals surface area contributed by atoms with Gasteiger partial charge in [0.1, 0.15) is 0 Å². The van der Waals surface area contributed by atoms with Crippen LogP contribution in [0.1, 0.15) is 18.9 Å². The second-order valence-corrected chi connectivity index (χ2v) is 3.37. The molecule has 0 aliphatic heterocycles. The van der Waals surface area contributed by atoms with E-state index in [0.717, 1.165) is 0 Å². The molecule has 2 nitrogen and oxygen atoms in total. The fraction of sp³-hybridized carbons (Fsp3) is 0.222. The zero-order valence-corrected chi connectivity index (χ0v) is 8.60. The lowest BCUT2D eigenvalue weighted by Crippen LogP contribution is -1.99. The monoisotopic (exact) mass is 217 g/mol. The van der Waals surface area contributed by atoms with Crippen molar-refractivity contribution in [2.24, 2.45) is 5.16 Å². The van der Waals surface area contributed by atoms with Gasteiger partial charge in [0.25, 0.3) is 0 Å². The number of halogens is 2. The van der Waals surface area contributed by atoms with Gasteiger partial charge in [0.2, 0.25) is 0 Å². The maximum atomic E-state index is 8.68. The fourth-order valence-corrected chi connectivity index (χ4v) is 1.43. The number of rotatable bonds is 2. The van der Waals surface area contributed by atoms with Gasteiger partial charge < -0.3 is 5.21 Å². The van der Waals surface area contributed by atoms with E-state index >= 15 is 0 Å². The highest BCUT2D eigenvalue weighted by Crippen LogP contribution is 2.22. The first-order valence-electron chi connectivity index (χ1n) is 3.85. The summed E-state index contributed by atoms with van der Waals surface area (Å²) in [6.07, 6.45) is 0.608. The lowest BCUT2D eigenvalue weighted by Gasteiger charge is -2.04. The van der Waals surface area contributed by atoms with Gasteiger partial charge in [0.15, 0.2) is 0 Å². The van der Waals surface area contributed by atoms with Gasteiger partial charge in [-0.15, -0.1) is 0 Å². The number of hydrogen-bond donors (Lipinski definition) is 1. The van der Waals surface area contributed by atoms with Crippen LogP contribution in [0.4, 0.5) is 0 Å². The van der Waals surface area contributed by atoms with Crippen LogP contribution in [0.15, 0.2) is 23.4 Å². The molecule has 0 aliphatic carbocycles. The highest BCUT2D eigenvalue weighted by molar-refractivity contribution is 6.36. The molecule has 0 atom stereocenters. The molecule has 0 aromatic heterocycles. The molecule has 0 aliphatic rings. The summed E-state index contributed by atoms with van der Waals surface area (Å²) in [4.78, 5) is 0. The summed E-state index contributed by atoms with van der Waals surface area (Å²) < 4.78 is 0. The Hall–Kier alpha value is -0.730. The Balaban J connectivity index is 3.19. The molecule has 1 N–H and O–H groups in total. The van der Waals surface area contributed by atoms with E-state index in [0.29, 0.717) is 27.7 Å². The first kappa shape index (κ1) is 10.4. The van der Waals surface area contributed by atoms with Crippen LogP contribution >= 0.6 is 23.2 Å². The molecule has 4 heteroatoms. The van der Waals surface area contributed by atoms with E-state index in [4.69, 9.17) is 28.4 Å². The Labute approximate surface area is 86.8 Å². The number of oxime groups is 1. The molecule has 1 rings (SSSR count). The van der Waals surface area contributed by atoms with Crippen LogP contribution in [0.5, 0.6) is 0 Å². The van der Waals surface area contributed by atoms with E-state index in [1.165, 1.54) is 0 Å². The minimum Gasteiger partial charge on any atom is -0.411 e. The topological polar surface area (TPSA) is 32.6 Å². The fourth-order valence-electron chi connectivity index (χ4n) is 1.03. The summed E-state index contributed by atoms with van der Waals surface area (Å²) in [7, 11) is 0. The molecular formula is C9H9Cl2NO. The van der Waals surface area contributed by atoms with E-state index in [1.807, 2.05) is 6.92 Å². The summed E-state index contributed by atoms with van der Waals surface area (Å²) in [5.74, 6) is 0. The molecule has 0 spiro atoms. The molecule has 0 amide bonds. The van der Waals surface area contributed by atoms with Gasteiger partial charge in [-0.05, 0) is 24.6 Å². The smallest absolute Gasteiger partial charge is 0.0880 e. The van der Waals surface area contributed by atoms with Crippen LogP contribution in [0.25, 0.3) is 0 Å². The normalized spacial score (nSPS) is 11.8. The lowest BCUT2D eigenvalue weighted by molar-refractivity contribution is 0.318. The molecular weight excluding hydrogens is 209 g/mol. The van der Waals surface area contributed by atoms with Crippen molar-refractivity contribution < 1.29 is 5.21 Å². The highest BCUT2D eigenvalue weighted by atomic mass is 35.5. The van der Waals surface area contributed by atoms with E-state index in [9.17, 15) is 0 Å². The molecule has 1 aromatic carbocycles. The summed E-state index contributed by atoms with van der Waals surface area (Å²) in [6.45, 7) is 1.88. The number of nitrogens with zero attached hydrogens (tertiary/aromatic N) is 1. The van der Waals surface area contributed by atoms with Crippen LogP contribution in [0.2, 0.25) is 10.0 Å². The SMILES string of the molecule is CCC(=NO)c1cc(Cl)ccc1Cl. The average Bonchev–Trinajstić information content (AvgIpc) is 2.13. The Morgan fingerprint density at radius 2 is 2.15 bits per heavy atom. The van der Waals surface area contributed by atoms with Crippen molar-refractivity contribution >= 4 is 28.9 Å². The minimum absolute atomic E-state index is 0.535. The van der Waals surface area contributed by atoms with Crippen molar-refractivity contribution in [2.75, 3.05) is 0 Å². The third-order valence-electron chi connectivity index (χ3n) is 1.69. The van der Waals surface area contributed by atoms with Gasteiger partial charge >= 0.3 is 0 Å². The largest absolute Gasteiger partial charge is 0.411 e. The lowest BCUT2D eigenvalue weighted by atomic mass is 10.1. The van der Waals surface area contributed by atoms with Crippen molar-refractivity contribution in [3.63, 3.8) is 0 Å². The average molecular weight is 218 g/mol. The van der Waals surface area contributed by atoms with Gasteiger partial charge in [-0.2, -0.15) is 0 Å². The second-order valence-electron chi connectivity index (χ2n) is 2.52. The van der Waals surface area contributed by atoms with Crippen molar-refractivity contribution in [1.82, 2.24) is 0 Å². The molecule has 0 fully saturated rings. The van der Waals surface area contributed by atoms with E-state index in [2.05, 4.69) is 5.16 Å². The molecule has 0 radical (unpaired) electrons. The zero-order valence-electron chi connectivity index (χ0n) is 7.09. The standard InChI is InChI=1S/C9H9Cl2NO/c1-2-9(12-13)7-5-6(10)3-4-8(7)11/h3-5,13H,2H2,1H3. The van der Waals surface area contributed by atoms with Gasteiger partial charge in [0, 0.05) is 15.6 Å². The van der Waals surface area contributed by atoms with Gasteiger partial charge in [-0.3, -0.25) is 0 Å². The number of hydrogen-bond acceptors (Lipinski definition) is 2. The van der Waals surface area contributed by atoms with Crippen molar-refractivity contribution in [3.8, 4) is 0 Å². The zero-order chi connectivity index (χ0) is 9.84. The summed E-state index contributed by atoms with van der Waals surface area (Å²) in [6, 6.07) is 5.06. The van der Waals surface area contributed by atoms with Crippen LogP contribution < -0.4 is 0 Å². The molecule has 0 heterocycles. The Morgan fingerprint density at radius 3 is 2.69 bits per heavy atom. The second kappa shape index (κ2) is 4.49. The summed E-state index contributed by atoms with van der Waals surface area (Å²) >= 11 is 11.7. The van der Waals surface area contributed by atoms with Gasteiger partial charge in [-0.1, -0.05) is 35.3 Å². The Bertz CT molecular complexity index is 336. The third kappa shape index (κ3) is 2.36. The molecule has 1 aromatic rings. The quantitative estimate of drug-likeness (QED) is 0.459. The maximum absolute atomic E-state index is 8.68. The summed E-state index contributed by atoms with van der Waals surface area (Å²) in [5.41, 5.74) is 1.21. The Kier molecular flexibility index (Phi) is 3.58. The van der Waals surface area contributed by atoms with E-state index in [-0.39, 0.29) is 0 Å². The predicted molar refractivity (Wildman–Crippen MR) is 55.1 cm³/mol. The van der Waals surface area contributed by atoms with Gasteiger partial charge in [-0.25, -0.2) is 0 Å². The summed E-state index contributed by atoms with van der Waals surface area (Å²) in [5, 5.41) is 13.0. The van der Waals surface area contributed by atoms with Crippen LogP contribution in [-0.2, 0) is 0 Å². The molecule has 0 bridgehead atoms. The maximum Gasteiger partial charge on any atom is 0.0880 e. The van der Waals surface area contributed by atoms with Crippen LogP contribution in [0, 0.1) is 0 Å². The van der Waals surface area contributed by atoms with Crippen molar-refractivity contribution in [2.45, 2.75) is 13.3 Å². The first-order valence-corrected chi connectivity index (χ1v) is 4.61. The van der Waals surface area contributed by atoms with Crippen LogP contribution in [-0.4, -0.2) is 10.9 Å². The van der Waals surface area contributed by atoms with E-state index < -0.39 is 0 Å². The predicted octanol–water partition coefficient (Wildman–Crippen LogP) is 3.58. The molecule has 0 unspecified atom stereocenters. The van der Waals surface area contributed by atoms with E-state index in [1.54, 1.807) is 18.2 Å². The van der Waals surface area contributed by atoms with Crippen molar-refractivity contribution in [1.29, 1.82) is 0 Å². The minimum atomic E-state index is 0.535. The Morgan fingerprint density at radius 1 is 1.46 bits per heavy atom. The van der Waals surface area contributed by atoms with Crippen molar-refractivity contribution in [3.05, 3.63) is 33.8 Å². The number of benzene rings is 1. The molecule has 0 saturated carbocycles. The first-order chi connectivity index (χ1) is 6.19. The van der Waals surface area contributed by atoms with Gasteiger partial charge in [0.05, 0.1) is 5.71 Å². The third-order valence-corrected chi connectivity index (χ3v) is 2.26. The highest BCUT2D eigenvalue weighted by Gasteiger charge is 2.07. The van der Waals surface area contributed by atoms with Crippen LogP contribution in [0.3, 0.4) is 0 Å². The molecule has 13 heavy (non-hydrogen) atoms. The molecule has 0 saturated heterocycles. The molecule has 70 valence electrons.